The molecule has 0 aromatic carbocycles. The van der Waals surface area contributed by atoms with E-state index in [-0.39, 0.29) is 5.56 Å². The van der Waals surface area contributed by atoms with Crippen LogP contribution in [0.1, 0.15) is 16.5 Å². The molecule has 0 saturated heterocycles. The van der Waals surface area contributed by atoms with E-state index >= 15 is 0 Å². The van der Waals surface area contributed by atoms with Crippen molar-refractivity contribution in [3.05, 3.63) is 21.9 Å². The van der Waals surface area contributed by atoms with Crippen LogP contribution in [0.15, 0.2) is 11.4 Å². The number of thiophene rings is 1. The average molecular weight is 195 g/mol. The molecule has 68 valence electrons. The highest BCUT2D eigenvalue weighted by Crippen LogP contribution is 2.32. The Morgan fingerprint density at radius 1 is 1.50 bits per heavy atom. The molecule has 0 unspecified atom stereocenters. The molecule has 1 aromatic heterocycles. The Hall–Kier alpha value is -0.550. The van der Waals surface area contributed by atoms with Crippen molar-refractivity contribution < 1.29 is 13.2 Å². The molecule has 0 saturated carbocycles. The van der Waals surface area contributed by atoms with E-state index in [2.05, 4.69) is 0 Å². The second kappa shape index (κ2) is 3.06. The predicted octanol–water partition coefficient (Wildman–Crippen LogP) is 2.62. The van der Waals surface area contributed by atoms with Crippen molar-refractivity contribution in [2.45, 2.75) is 19.1 Å². The summed E-state index contributed by atoms with van der Waals surface area (Å²) >= 11 is 1.27. The van der Waals surface area contributed by atoms with Crippen molar-refractivity contribution in [1.82, 2.24) is 0 Å². The molecule has 1 aromatic rings. The van der Waals surface area contributed by atoms with Gasteiger partial charge in [0, 0.05) is 4.88 Å². The number of alkyl halides is 3. The van der Waals surface area contributed by atoms with Crippen LogP contribution in [-0.4, -0.2) is 6.18 Å². The highest BCUT2D eigenvalue weighted by Gasteiger charge is 2.38. The standard InChI is InChI=1S/C7H8F3NS/c1-4-2-5(3-12-4)6(11)7(8,9)10/h2-3,6H,11H2,1H3/t6-/m0/s1. The number of hydrogen-bond donors (Lipinski definition) is 1. The molecule has 0 aliphatic heterocycles. The molecule has 0 fully saturated rings. The fraction of sp³-hybridized carbons (Fsp3) is 0.429. The van der Waals surface area contributed by atoms with Crippen LogP contribution in [-0.2, 0) is 0 Å². The monoisotopic (exact) mass is 195 g/mol. The second-order valence-corrected chi connectivity index (χ2v) is 3.63. The van der Waals surface area contributed by atoms with Crippen molar-refractivity contribution >= 4 is 11.3 Å². The molecule has 0 spiro atoms. The largest absolute Gasteiger partial charge is 0.407 e. The molecule has 2 N–H and O–H groups in total. The molecular weight excluding hydrogens is 187 g/mol. The summed E-state index contributed by atoms with van der Waals surface area (Å²) in [6.45, 7) is 1.75. The first-order valence-corrected chi connectivity index (χ1v) is 4.16. The van der Waals surface area contributed by atoms with Gasteiger partial charge < -0.3 is 5.73 Å². The summed E-state index contributed by atoms with van der Waals surface area (Å²) in [6.07, 6.45) is -4.34. The maximum Gasteiger partial charge on any atom is 0.407 e. The van der Waals surface area contributed by atoms with Crippen molar-refractivity contribution in [2.75, 3.05) is 0 Å². The Kier molecular flexibility index (Phi) is 2.44. The van der Waals surface area contributed by atoms with Crippen LogP contribution in [0.4, 0.5) is 13.2 Å². The van der Waals surface area contributed by atoms with Crippen molar-refractivity contribution in [2.24, 2.45) is 5.73 Å². The molecule has 0 bridgehead atoms. The van der Waals surface area contributed by atoms with Gasteiger partial charge in [0.2, 0.25) is 0 Å². The van der Waals surface area contributed by atoms with E-state index < -0.39 is 12.2 Å². The highest BCUT2D eigenvalue weighted by molar-refractivity contribution is 7.10. The van der Waals surface area contributed by atoms with Gasteiger partial charge in [-0.2, -0.15) is 13.2 Å². The quantitative estimate of drug-likeness (QED) is 0.732. The van der Waals surface area contributed by atoms with E-state index in [4.69, 9.17) is 5.73 Å². The zero-order chi connectivity index (χ0) is 9.35. The molecule has 1 rings (SSSR count). The summed E-state index contributed by atoms with van der Waals surface area (Å²) in [5, 5.41) is 1.44. The van der Waals surface area contributed by atoms with E-state index in [1.165, 1.54) is 22.8 Å². The van der Waals surface area contributed by atoms with Gasteiger partial charge >= 0.3 is 6.18 Å². The Morgan fingerprint density at radius 3 is 2.42 bits per heavy atom. The number of aryl methyl sites for hydroxylation is 1. The molecule has 0 amide bonds. The van der Waals surface area contributed by atoms with Gasteiger partial charge in [-0.1, -0.05) is 0 Å². The first kappa shape index (κ1) is 9.54. The molecular formula is C7H8F3NS. The Morgan fingerprint density at radius 2 is 2.08 bits per heavy atom. The third kappa shape index (κ3) is 1.98. The number of hydrogen-bond acceptors (Lipinski definition) is 2. The zero-order valence-electron chi connectivity index (χ0n) is 6.35. The summed E-state index contributed by atoms with van der Waals surface area (Å²) < 4.78 is 36.1. The highest BCUT2D eigenvalue weighted by atomic mass is 32.1. The summed E-state index contributed by atoms with van der Waals surface area (Å²) in [5.74, 6) is 0. The van der Waals surface area contributed by atoms with E-state index in [0.717, 1.165) is 4.88 Å². The first-order chi connectivity index (χ1) is 5.41. The van der Waals surface area contributed by atoms with Crippen LogP contribution < -0.4 is 5.73 Å². The molecule has 1 heterocycles. The first-order valence-electron chi connectivity index (χ1n) is 3.28. The number of rotatable bonds is 1. The van der Waals surface area contributed by atoms with Gasteiger partial charge in [-0.3, -0.25) is 0 Å². The van der Waals surface area contributed by atoms with Crippen molar-refractivity contribution in [3.8, 4) is 0 Å². The third-order valence-electron chi connectivity index (χ3n) is 1.46. The van der Waals surface area contributed by atoms with Crippen LogP contribution in [0.3, 0.4) is 0 Å². The van der Waals surface area contributed by atoms with Crippen molar-refractivity contribution in [3.63, 3.8) is 0 Å². The second-order valence-electron chi connectivity index (χ2n) is 2.51. The lowest BCUT2D eigenvalue weighted by Gasteiger charge is -2.13. The van der Waals surface area contributed by atoms with Crippen LogP contribution >= 0.6 is 11.3 Å². The smallest absolute Gasteiger partial charge is 0.316 e. The van der Waals surface area contributed by atoms with Gasteiger partial charge in [0.15, 0.2) is 0 Å². The minimum Gasteiger partial charge on any atom is -0.316 e. The molecule has 1 nitrogen and oxygen atoms in total. The summed E-state index contributed by atoms with van der Waals surface area (Å²) in [7, 11) is 0. The van der Waals surface area contributed by atoms with Gasteiger partial charge in [0.05, 0.1) is 0 Å². The fourth-order valence-corrected chi connectivity index (χ4v) is 1.56. The third-order valence-corrected chi connectivity index (χ3v) is 2.34. The summed E-state index contributed by atoms with van der Waals surface area (Å²) in [6, 6.07) is -0.384. The van der Waals surface area contributed by atoms with Crippen LogP contribution in [0.25, 0.3) is 0 Å². The zero-order valence-corrected chi connectivity index (χ0v) is 7.17. The van der Waals surface area contributed by atoms with Crippen LogP contribution in [0.5, 0.6) is 0 Å². The topological polar surface area (TPSA) is 26.0 Å². The molecule has 1 atom stereocenters. The lowest BCUT2D eigenvalue weighted by molar-refractivity contribution is -0.149. The van der Waals surface area contributed by atoms with Gasteiger partial charge in [0.1, 0.15) is 6.04 Å². The van der Waals surface area contributed by atoms with E-state index in [1.54, 1.807) is 6.92 Å². The molecule has 0 aliphatic rings. The lowest BCUT2D eigenvalue weighted by atomic mass is 10.1. The van der Waals surface area contributed by atoms with E-state index in [9.17, 15) is 13.2 Å². The Balaban J connectivity index is 2.85. The van der Waals surface area contributed by atoms with Gasteiger partial charge in [0.25, 0.3) is 0 Å². The van der Waals surface area contributed by atoms with Gasteiger partial charge in [-0.15, -0.1) is 11.3 Å². The SMILES string of the molecule is Cc1cc([C@H](N)C(F)(F)F)cs1. The molecule has 0 aliphatic carbocycles. The Bertz CT molecular complexity index is 266. The van der Waals surface area contributed by atoms with Crippen LogP contribution in [0, 0.1) is 6.92 Å². The molecule has 12 heavy (non-hydrogen) atoms. The normalized spacial score (nSPS) is 14.8. The fourth-order valence-electron chi connectivity index (χ4n) is 0.816. The van der Waals surface area contributed by atoms with E-state index in [1.807, 2.05) is 0 Å². The average Bonchev–Trinajstić information content (AvgIpc) is 2.32. The maximum atomic E-state index is 12.0. The maximum absolute atomic E-state index is 12.0. The minimum atomic E-state index is -4.34. The van der Waals surface area contributed by atoms with Crippen LogP contribution in [0.2, 0.25) is 0 Å². The summed E-state index contributed by atoms with van der Waals surface area (Å²) in [5.41, 5.74) is 5.11. The molecule has 5 heteroatoms. The minimum absolute atomic E-state index is 0.144. The predicted molar refractivity (Wildman–Crippen MR) is 42.0 cm³/mol. The summed E-state index contributed by atoms with van der Waals surface area (Å²) in [4.78, 5) is 0.838. The Labute approximate surface area is 72.0 Å². The number of halogens is 3. The molecule has 0 radical (unpaired) electrons. The lowest BCUT2D eigenvalue weighted by Crippen LogP contribution is -2.27. The van der Waals surface area contributed by atoms with Gasteiger partial charge in [-0.05, 0) is 23.9 Å². The van der Waals surface area contributed by atoms with Gasteiger partial charge in [-0.25, -0.2) is 0 Å². The number of nitrogens with two attached hydrogens (primary N) is 1. The van der Waals surface area contributed by atoms with E-state index in [0.29, 0.717) is 0 Å². The van der Waals surface area contributed by atoms with Crippen molar-refractivity contribution in [1.29, 1.82) is 0 Å².